The minimum Gasteiger partial charge on any atom is -0.508 e. The van der Waals surface area contributed by atoms with E-state index in [2.05, 4.69) is 10.6 Å². The van der Waals surface area contributed by atoms with E-state index in [4.69, 9.17) is 0 Å². The van der Waals surface area contributed by atoms with E-state index >= 15 is 0 Å². The fourth-order valence-electron chi connectivity index (χ4n) is 2.76. The Bertz CT molecular complexity index is 889. The van der Waals surface area contributed by atoms with Gasteiger partial charge in [0.2, 0.25) is 0 Å². The second-order valence-corrected chi connectivity index (χ2v) is 9.88. The first kappa shape index (κ1) is 22.5. The van der Waals surface area contributed by atoms with Crippen LogP contribution in [-0.4, -0.2) is 42.9 Å². The maximum atomic E-state index is 12.2. The van der Waals surface area contributed by atoms with Crippen LogP contribution in [0.5, 0.6) is 11.5 Å². The predicted molar refractivity (Wildman–Crippen MR) is 102 cm³/mol. The van der Waals surface area contributed by atoms with Crippen LogP contribution in [-0.2, 0) is 20.7 Å². The van der Waals surface area contributed by atoms with Crippen molar-refractivity contribution < 1.29 is 38.9 Å². The highest BCUT2D eigenvalue weighted by atomic mass is 31.2. The minimum absolute atomic E-state index is 0.0592. The van der Waals surface area contributed by atoms with Gasteiger partial charge in [-0.2, -0.15) is 0 Å². The van der Waals surface area contributed by atoms with Gasteiger partial charge in [0, 0.05) is 30.8 Å². The summed E-state index contributed by atoms with van der Waals surface area (Å²) in [4.78, 5) is 39.2. The molecule has 10 nitrogen and oxygen atoms in total. The van der Waals surface area contributed by atoms with E-state index in [1.807, 2.05) is 0 Å². The number of hydrogen-bond acceptors (Lipinski definition) is 6. The van der Waals surface area contributed by atoms with E-state index in [9.17, 15) is 38.9 Å². The van der Waals surface area contributed by atoms with Crippen molar-refractivity contribution in [3.63, 3.8) is 0 Å². The molecule has 0 heterocycles. The summed E-state index contributed by atoms with van der Waals surface area (Å²) < 4.78 is 24.3. The number of rotatable bonds is 9. The highest BCUT2D eigenvalue weighted by Crippen LogP contribution is 2.73. The molecule has 0 radical (unpaired) electrons. The Morgan fingerprint density at radius 3 is 1.86 bits per heavy atom. The summed E-state index contributed by atoms with van der Waals surface area (Å²) in [7, 11) is -11.0. The number of para-hydroxylation sites is 2. The molecular weight excluding hydrogens is 410 g/mol. The van der Waals surface area contributed by atoms with E-state index < -0.39 is 31.5 Å². The number of benzene rings is 2. The average molecular weight is 432 g/mol. The van der Waals surface area contributed by atoms with E-state index in [0.29, 0.717) is 5.56 Å². The van der Waals surface area contributed by atoms with Crippen molar-refractivity contribution in [3.05, 3.63) is 59.7 Å². The third-order valence-electron chi connectivity index (χ3n) is 4.10. The zero-order chi connectivity index (χ0) is 21.0. The standard InChI is InChI=1S/C16H22N2O8P2/c19-14-7-3-1-5-12(14)11-17-9-10-18-16(27(21,22)23,28(24,25)26)13-6-2-4-8-15(13)20/h1-8,17-20H,9-11H2,(H2,21,22,23)(H2,24,25,26). The normalized spacial score (nSPS) is 12.9. The van der Waals surface area contributed by atoms with Crippen LogP contribution in [0.1, 0.15) is 11.1 Å². The van der Waals surface area contributed by atoms with E-state index in [1.54, 1.807) is 18.2 Å². The van der Waals surface area contributed by atoms with Gasteiger partial charge in [0.05, 0.1) is 0 Å². The van der Waals surface area contributed by atoms with Crippen molar-refractivity contribution in [2.24, 2.45) is 0 Å². The van der Waals surface area contributed by atoms with Gasteiger partial charge >= 0.3 is 15.2 Å². The molecule has 0 spiro atoms. The summed E-state index contributed by atoms with van der Waals surface area (Å²) >= 11 is 0. The molecule has 0 amide bonds. The van der Waals surface area contributed by atoms with Crippen LogP contribution in [0.2, 0.25) is 0 Å². The molecule has 0 bridgehead atoms. The Hall–Kier alpha value is -1.74. The lowest BCUT2D eigenvalue weighted by Gasteiger charge is -2.36. The average Bonchev–Trinajstić information content (AvgIpc) is 2.58. The van der Waals surface area contributed by atoms with Crippen LogP contribution in [0.4, 0.5) is 0 Å². The molecule has 154 valence electrons. The highest BCUT2D eigenvalue weighted by molar-refractivity contribution is 7.71. The number of hydrogen-bond donors (Lipinski definition) is 8. The predicted octanol–water partition coefficient (Wildman–Crippen LogP) is 0.943. The Morgan fingerprint density at radius 1 is 0.786 bits per heavy atom. The molecule has 0 aliphatic rings. The summed E-state index contributed by atoms with van der Waals surface area (Å²) in [5, 5.41) is 21.7. The summed E-state index contributed by atoms with van der Waals surface area (Å²) in [5.74, 6) is -0.597. The Labute approximate surface area is 161 Å². The van der Waals surface area contributed by atoms with Crippen LogP contribution < -0.4 is 10.6 Å². The maximum absolute atomic E-state index is 12.2. The second-order valence-electron chi connectivity index (χ2n) is 6.01. The zero-order valence-corrected chi connectivity index (χ0v) is 16.4. The number of phenols is 2. The quantitative estimate of drug-likeness (QED) is 0.210. The van der Waals surface area contributed by atoms with Gasteiger partial charge in [0.25, 0.3) is 5.02 Å². The van der Waals surface area contributed by atoms with Crippen LogP contribution in [0.25, 0.3) is 0 Å². The lowest BCUT2D eigenvalue weighted by molar-refractivity contribution is 0.285. The fourth-order valence-corrected chi connectivity index (χ4v) is 5.76. The first-order valence-corrected chi connectivity index (χ1v) is 11.4. The Kier molecular flexibility index (Phi) is 7.03. The Morgan fingerprint density at radius 2 is 1.32 bits per heavy atom. The van der Waals surface area contributed by atoms with Gasteiger partial charge in [-0.1, -0.05) is 36.4 Å². The molecule has 0 saturated heterocycles. The van der Waals surface area contributed by atoms with Gasteiger partial charge < -0.3 is 35.1 Å². The second kappa shape index (κ2) is 8.73. The molecule has 28 heavy (non-hydrogen) atoms. The van der Waals surface area contributed by atoms with Gasteiger partial charge in [-0.25, -0.2) is 0 Å². The molecule has 8 N–H and O–H groups in total. The molecule has 0 aliphatic heterocycles. The van der Waals surface area contributed by atoms with Gasteiger partial charge in [0.15, 0.2) is 0 Å². The lowest BCUT2D eigenvalue weighted by Crippen LogP contribution is -2.44. The molecule has 0 aliphatic carbocycles. The number of phenolic OH excluding ortho intramolecular Hbond substituents is 2. The molecule has 2 aromatic rings. The molecule has 0 aromatic heterocycles. The van der Waals surface area contributed by atoms with Crippen molar-refractivity contribution >= 4 is 15.2 Å². The van der Waals surface area contributed by atoms with E-state index in [-0.39, 0.29) is 25.4 Å². The van der Waals surface area contributed by atoms with Crippen LogP contribution >= 0.6 is 15.2 Å². The van der Waals surface area contributed by atoms with Crippen LogP contribution in [0.15, 0.2) is 48.5 Å². The lowest BCUT2D eigenvalue weighted by atomic mass is 10.2. The first-order chi connectivity index (χ1) is 13.0. The first-order valence-electron chi connectivity index (χ1n) is 8.13. The fraction of sp³-hybridized carbons (Fsp3) is 0.250. The number of nitrogens with one attached hydrogen (secondary N) is 2. The van der Waals surface area contributed by atoms with Gasteiger partial charge in [-0.15, -0.1) is 0 Å². The van der Waals surface area contributed by atoms with Crippen molar-refractivity contribution in [2.75, 3.05) is 13.1 Å². The van der Waals surface area contributed by atoms with E-state index in [1.165, 1.54) is 18.2 Å². The van der Waals surface area contributed by atoms with E-state index in [0.717, 1.165) is 12.1 Å². The van der Waals surface area contributed by atoms with Crippen molar-refractivity contribution in [3.8, 4) is 11.5 Å². The van der Waals surface area contributed by atoms with Crippen molar-refractivity contribution in [1.29, 1.82) is 0 Å². The molecule has 0 fully saturated rings. The summed E-state index contributed by atoms with van der Waals surface area (Å²) in [6, 6.07) is 11.3. The summed E-state index contributed by atoms with van der Waals surface area (Å²) in [6.45, 7) is 0.0333. The molecule has 0 atom stereocenters. The smallest absolute Gasteiger partial charge is 0.362 e. The van der Waals surface area contributed by atoms with Crippen molar-refractivity contribution in [1.82, 2.24) is 10.6 Å². The van der Waals surface area contributed by atoms with Crippen LogP contribution in [0, 0.1) is 0 Å². The maximum Gasteiger partial charge on any atom is 0.362 e. The Balaban J connectivity index is 2.22. The van der Waals surface area contributed by atoms with Crippen molar-refractivity contribution in [2.45, 2.75) is 11.6 Å². The molecule has 0 saturated carbocycles. The van der Waals surface area contributed by atoms with Crippen LogP contribution in [0.3, 0.4) is 0 Å². The highest BCUT2D eigenvalue weighted by Gasteiger charge is 2.62. The molecule has 12 heteroatoms. The zero-order valence-electron chi connectivity index (χ0n) is 14.6. The molecule has 0 unspecified atom stereocenters. The van der Waals surface area contributed by atoms with Gasteiger partial charge in [-0.05, 0) is 12.1 Å². The summed E-state index contributed by atoms with van der Waals surface area (Å²) in [6.07, 6.45) is 0. The topological polar surface area (TPSA) is 180 Å². The molecule has 2 rings (SSSR count). The monoisotopic (exact) mass is 432 g/mol. The van der Waals surface area contributed by atoms with Gasteiger partial charge in [0.1, 0.15) is 11.5 Å². The third-order valence-corrected chi connectivity index (χ3v) is 8.15. The number of aromatic hydroxyl groups is 2. The molecular formula is C16H22N2O8P2. The minimum atomic E-state index is -5.49. The van der Waals surface area contributed by atoms with Gasteiger partial charge in [-0.3, -0.25) is 14.4 Å². The summed E-state index contributed by atoms with van der Waals surface area (Å²) in [5.41, 5.74) is -0.0168. The largest absolute Gasteiger partial charge is 0.508 e. The molecule has 2 aromatic carbocycles. The third kappa shape index (κ3) is 4.63. The SMILES string of the molecule is O=P(O)(O)C(NCCNCc1ccccc1O)(c1ccccc1O)P(=O)(O)O.